The van der Waals surface area contributed by atoms with Crippen LogP contribution in [0.25, 0.3) is 0 Å². The molecule has 0 radical (unpaired) electrons. The Morgan fingerprint density at radius 2 is 2.04 bits per heavy atom. The third-order valence-electron chi connectivity index (χ3n) is 5.56. The Balaban J connectivity index is 1.57. The van der Waals surface area contributed by atoms with Crippen molar-refractivity contribution >= 4 is 17.5 Å². The number of halogens is 1. The minimum atomic E-state index is -0.369. The number of carbonyl (C=O) groups is 2. The number of piperazine rings is 1. The Morgan fingerprint density at radius 1 is 1.19 bits per heavy atom. The molecule has 1 spiro atoms. The lowest BCUT2D eigenvalue weighted by Gasteiger charge is -2.46. The van der Waals surface area contributed by atoms with Crippen LogP contribution in [-0.2, 0) is 4.79 Å². The number of likely N-dealkylation sites (tertiary alicyclic amines) is 1. The maximum atomic E-state index is 13.6. The van der Waals surface area contributed by atoms with Crippen LogP contribution in [0.3, 0.4) is 0 Å². The van der Waals surface area contributed by atoms with E-state index in [4.69, 9.17) is 0 Å². The SMILES string of the molecule is CN1CC(=O)N(c2cccc(F)c2)CC12CCN(C(=O)c1ccccn1)C2. The first-order valence-corrected chi connectivity index (χ1v) is 8.96. The lowest BCUT2D eigenvalue weighted by molar-refractivity contribution is -0.123. The van der Waals surface area contributed by atoms with Crippen molar-refractivity contribution < 1.29 is 14.0 Å². The summed E-state index contributed by atoms with van der Waals surface area (Å²) in [6, 6.07) is 11.4. The van der Waals surface area contributed by atoms with Crippen LogP contribution in [0, 0.1) is 5.82 Å². The number of pyridine rings is 1. The topological polar surface area (TPSA) is 56.8 Å². The second-order valence-electron chi connectivity index (χ2n) is 7.23. The van der Waals surface area contributed by atoms with Gasteiger partial charge in [-0.1, -0.05) is 12.1 Å². The van der Waals surface area contributed by atoms with Gasteiger partial charge in [0, 0.05) is 31.5 Å². The predicted octanol–water partition coefficient (Wildman–Crippen LogP) is 1.78. The second kappa shape index (κ2) is 6.74. The van der Waals surface area contributed by atoms with Gasteiger partial charge < -0.3 is 9.80 Å². The summed E-state index contributed by atoms with van der Waals surface area (Å²) >= 11 is 0. The van der Waals surface area contributed by atoms with Crippen LogP contribution in [0.2, 0.25) is 0 Å². The van der Waals surface area contributed by atoms with E-state index in [1.807, 2.05) is 11.9 Å². The number of hydrogen-bond donors (Lipinski definition) is 0. The molecule has 1 unspecified atom stereocenters. The number of benzene rings is 1. The first-order valence-electron chi connectivity index (χ1n) is 8.96. The van der Waals surface area contributed by atoms with Gasteiger partial charge >= 0.3 is 0 Å². The van der Waals surface area contributed by atoms with E-state index >= 15 is 0 Å². The van der Waals surface area contributed by atoms with Crippen LogP contribution >= 0.6 is 0 Å². The Morgan fingerprint density at radius 3 is 2.78 bits per heavy atom. The molecule has 1 atom stereocenters. The van der Waals surface area contributed by atoms with Gasteiger partial charge in [0.1, 0.15) is 11.5 Å². The zero-order valence-corrected chi connectivity index (χ0v) is 15.1. The van der Waals surface area contributed by atoms with Crippen molar-refractivity contribution in [3.63, 3.8) is 0 Å². The quantitative estimate of drug-likeness (QED) is 0.811. The van der Waals surface area contributed by atoms with Gasteiger partial charge in [-0.05, 0) is 43.8 Å². The van der Waals surface area contributed by atoms with Crippen LogP contribution in [0.15, 0.2) is 48.7 Å². The fraction of sp³-hybridized carbons (Fsp3) is 0.350. The number of likely N-dealkylation sites (N-methyl/N-ethyl adjacent to an activating group) is 1. The van der Waals surface area contributed by atoms with Crippen molar-refractivity contribution in [1.29, 1.82) is 0 Å². The summed E-state index contributed by atoms with van der Waals surface area (Å²) in [6.07, 6.45) is 2.36. The number of aromatic nitrogens is 1. The molecule has 2 amide bonds. The van der Waals surface area contributed by atoms with Crippen molar-refractivity contribution in [3.8, 4) is 0 Å². The van der Waals surface area contributed by atoms with Crippen LogP contribution in [-0.4, -0.2) is 65.4 Å². The van der Waals surface area contributed by atoms with Crippen molar-refractivity contribution in [2.24, 2.45) is 0 Å². The van der Waals surface area contributed by atoms with Gasteiger partial charge in [-0.3, -0.25) is 19.5 Å². The molecule has 0 saturated carbocycles. The normalized spacial score (nSPS) is 23.3. The van der Waals surface area contributed by atoms with Gasteiger partial charge in [-0.25, -0.2) is 4.39 Å². The largest absolute Gasteiger partial charge is 0.335 e. The smallest absolute Gasteiger partial charge is 0.272 e. The highest BCUT2D eigenvalue weighted by Gasteiger charge is 2.48. The third-order valence-corrected chi connectivity index (χ3v) is 5.56. The molecule has 2 aromatic rings. The molecule has 2 saturated heterocycles. The third kappa shape index (κ3) is 3.19. The highest BCUT2D eigenvalue weighted by Crippen LogP contribution is 2.34. The zero-order valence-electron chi connectivity index (χ0n) is 15.1. The van der Waals surface area contributed by atoms with Gasteiger partial charge in [0.25, 0.3) is 5.91 Å². The predicted molar refractivity (Wildman–Crippen MR) is 98.9 cm³/mol. The van der Waals surface area contributed by atoms with Crippen LogP contribution in [0.4, 0.5) is 10.1 Å². The summed E-state index contributed by atoms with van der Waals surface area (Å²) in [5, 5.41) is 0. The van der Waals surface area contributed by atoms with E-state index in [9.17, 15) is 14.0 Å². The maximum absolute atomic E-state index is 13.6. The number of amides is 2. The average Bonchev–Trinajstić information content (AvgIpc) is 3.10. The number of anilines is 1. The van der Waals surface area contributed by atoms with E-state index in [-0.39, 0.29) is 29.7 Å². The first-order chi connectivity index (χ1) is 13.0. The Hall–Kier alpha value is -2.80. The van der Waals surface area contributed by atoms with Crippen molar-refractivity contribution in [3.05, 3.63) is 60.2 Å². The molecule has 6 nitrogen and oxygen atoms in total. The minimum Gasteiger partial charge on any atom is -0.335 e. The number of nitrogens with zero attached hydrogens (tertiary/aromatic N) is 4. The first kappa shape index (κ1) is 17.6. The fourth-order valence-electron chi connectivity index (χ4n) is 3.96. The van der Waals surface area contributed by atoms with E-state index in [0.29, 0.717) is 31.0 Å². The van der Waals surface area contributed by atoms with E-state index in [0.717, 1.165) is 6.42 Å². The molecular weight excluding hydrogens is 347 g/mol. The molecule has 140 valence electrons. The second-order valence-corrected chi connectivity index (χ2v) is 7.23. The summed E-state index contributed by atoms with van der Waals surface area (Å²) in [5.74, 6) is -0.537. The molecule has 0 bridgehead atoms. The van der Waals surface area contributed by atoms with E-state index in [2.05, 4.69) is 4.98 Å². The van der Waals surface area contributed by atoms with Gasteiger partial charge in [-0.2, -0.15) is 0 Å². The summed E-state index contributed by atoms with van der Waals surface area (Å²) in [6.45, 7) is 1.78. The van der Waals surface area contributed by atoms with Gasteiger partial charge in [0.2, 0.25) is 5.91 Å². The van der Waals surface area contributed by atoms with E-state index in [1.54, 1.807) is 46.3 Å². The lowest BCUT2D eigenvalue weighted by atomic mass is 9.92. The molecule has 2 aliphatic rings. The molecule has 1 aromatic carbocycles. The Kier molecular flexibility index (Phi) is 4.39. The summed E-state index contributed by atoms with van der Waals surface area (Å²) in [7, 11) is 1.91. The van der Waals surface area contributed by atoms with Crippen molar-refractivity contribution in [2.75, 3.05) is 38.1 Å². The summed E-state index contributed by atoms with van der Waals surface area (Å²) in [4.78, 5) is 34.9. The van der Waals surface area contributed by atoms with Gasteiger partial charge in [0.15, 0.2) is 0 Å². The molecule has 2 aliphatic heterocycles. The van der Waals surface area contributed by atoms with Gasteiger partial charge in [-0.15, -0.1) is 0 Å². The highest BCUT2D eigenvalue weighted by atomic mass is 19.1. The lowest BCUT2D eigenvalue weighted by Crippen LogP contribution is -2.64. The number of carbonyl (C=O) groups excluding carboxylic acids is 2. The van der Waals surface area contributed by atoms with Crippen LogP contribution < -0.4 is 4.90 Å². The standard InChI is InChI=1S/C20H21FN4O2/c1-23-12-18(26)25(16-6-4-5-15(21)11-16)14-20(23)8-10-24(13-20)19(27)17-7-2-3-9-22-17/h2-7,9,11H,8,10,12-14H2,1H3. The Labute approximate surface area is 157 Å². The minimum absolute atomic E-state index is 0.0665. The van der Waals surface area contributed by atoms with E-state index < -0.39 is 0 Å². The van der Waals surface area contributed by atoms with Crippen LogP contribution in [0.5, 0.6) is 0 Å². The molecule has 1 aromatic heterocycles. The average molecular weight is 368 g/mol. The summed E-state index contributed by atoms with van der Waals surface area (Å²) < 4.78 is 13.6. The molecule has 7 heteroatoms. The zero-order chi connectivity index (χ0) is 19.0. The number of rotatable bonds is 2. The van der Waals surface area contributed by atoms with Gasteiger partial charge in [0.05, 0.1) is 12.1 Å². The van der Waals surface area contributed by atoms with Crippen molar-refractivity contribution in [2.45, 2.75) is 12.0 Å². The molecule has 0 N–H and O–H groups in total. The fourth-order valence-corrected chi connectivity index (χ4v) is 3.96. The highest BCUT2D eigenvalue weighted by molar-refractivity contribution is 5.96. The summed E-state index contributed by atoms with van der Waals surface area (Å²) in [5.41, 5.74) is 0.637. The van der Waals surface area contributed by atoms with Crippen molar-refractivity contribution in [1.82, 2.24) is 14.8 Å². The number of hydrogen-bond acceptors (Lipinski definition) is 4. The van der Waals surface area contributed by atoms with E-state index in [1.165, 1.54) is 12.1 Å². The monoisotopic (exact) mass is 368 g/mol. The maximum Gasteiger partial charge on any atom is 0.272 e. The molecule has 2 fully saturated rings. The molecular formula is C20H21FN4O2. The Bertz CT molecular complexity index is 875. The molecule has 27 heavy (non-hydrogen) atoms. The molecule has 3 heterocycles. The molecule has 4 rings (SSSR count). The van der Waals surface area contributed by atoms with Crippen LogP contribution in [0.1, 0.15) is 16.9 Å². The molecule has 0 aliphatic carbocycles.